The number of halogens is 1. The Labute approximate surface area is 122 Å². The first-order chi connectivity index (χ1) is 10.0. The van der Waals surface area contributed by atoms with Crippen LogP contribution in [0.5, 0.6) is 0 Å². The van der Waals surface area contributed by atoms with E-state index in [1.54, 1.807) is 0 Å². The Morgan fingerprint density at radius 3 is 2.43 bits per heavy atom. The molecule has 2 rings (SSSR count). The van der Waals surface area contributed by atoms with E-state index in [0.717, 1.165) is 25.9 Å². The molecule has 21 heavy (non-hydrogen) atoms. The number of primary amides is 1. The molecule has 0 atom stereocenters. The van der Waals surface area contributed by atoms with Gasteiger partial charge in [-0.2, -0.15) is 0 Å². The standard InChI is InChI=1S/C15H19FN2O3/c16-13-3-1-12(2-4-13)14(19)9-18-7-5-11(6-8-18)10-21-15(17)20/h1-4,11H,5-10H2,(H2,17,20). The second kappa shape index (κ2) is 7.17. The van der Waals surface area contributed by atoms with E-state index in [1.165, 1.54) is 24.3 Å². The van der Waals surface area contributed by atoms with Crippen LogP contribution in [0, 0.1) is 11.7 Å². The van der Waals surface area contributed by atoms with Crippen molar-refractivity contribution in [2.24, 2.45) is 11.7 Å². The van der Waals surface area contributed by atoms with Gasteiger partial charge in [0.1, 0.15) is 5.82 Å². The maximum atomic E-state index is 12.8. The number of ketones is 1. The lowest BCUT2D eigenvalue weighted by atomic mass is 9.97. The molecule has 0 aromatic heterocycles. The molecule has 0 spiro atoms. The zero-order valence-electron chi connectivity index (χ0n) is 11.8. The fourth-order valence-corrected chi connectivity index (χ4v) is 2.44. The van der Waals surface area contributed by atoms with Gasteiger partial charge in [-0.15, -0.1) is 0 Å². The van der Waals surface area contributed by atoms with Crippen LogP contribution in [0.4, 0.5) is 9.18 Å². The number of nitrogens with two attached hydrogens (primary N) is 1. The van der Waals surface area contributed by atoms with Crippen molar-refractivity contribution in [2.45, 2.75) is 12.8 Å². The lowest BCUT2D eigenvalue weighted by Crippen LogP contribution is -2.38. The third kappa shape index (κ3) is 4.82. The molecule has 114 valence electrons. The summed E-state index contributed by atoms with van der Waals surface area (Å²) >= 11 is 0. The lowest BCUT2D eigenvalue weighted by molar-refractivity contribution is 0.0832. The largest absolute Gasteiger partial charge is 0.449 e. The summed E-state index contributed by atoms with van der Waals surface area (Å²) in [6.07, 6.45) is 0.984. The van der Waals surface area contributed by atoms with Crippen LogP contribution < -0.4 is 5.73 Å². The Morgan fingerprint density at radius 1 is 1.24 bits per heavy atom. The van der Waals surface area contributed by atoms with E-state index in [-0.39, 0.29) is 11.6 Å². The Balaban J connectivity index is 1.76. The van der Waals surface area contributed by atoms with E-state index in [9.17, 15) is 14.0 Å². The number of nitrogens with zero attached hydrogens (tertiary/aromatic N) is 1. The highest BCUT2D eigenvalue weighted by molar-refractivity contribution is 5.97. The van der Waals surface area contributed by atoms with Gasteiger partial charge in [0, 0.05) is 5.56 Å². The molecule has 0 unspecified atom stereocenters. The first kappa shape index (κ1) is 15.4. The van der Waals surface area contributed by atoms with Crippen molar-refractivity contribution in [3.8, 4) is 0 Å². The summed E-state index contributed by atoms with van der Waals surface area (Å²) in [5.74, 6) is -0.0571. The first-order valence-electron chi connectivity index (χ1n) is 6.98. The average molecular weight is 294 g/mol. The topological polar surface area (TPSA) is 72.6 Å². The molecule has 0 saturated carbocycles. The number of hydrogen-bond acceptors (Lipinski definition) is 4. The summed E-state index contributed by atoms with van der Waals surface area (Å²) in [5.41, 5.74) is 5.46. The highest BCUT2D eigenvalue weighted by Crippen LogP contribution is 2.18. The Hall–Kier alpha value is -1.95. The molecule has 1 aliphatic rings. The number of ether oxygens (including phenoxy) is 1. The summed E-state index contributed by atoms with van der Waals surface area (Å²) < 4.78 is 17.6. The number of benzene rings is 1. The minimum atomic E-state index is -0.746. The maximum absolute atomic E-state index is 12.8. The molecule has 0 radical (unpaired) electrons. The van der Waals surface area contributed by atoms with Gasteiger partial charge < -0.3 is 10.5 Å². The molecule has 1 aromatic rings. The summed E-state index contributed by atoms with van der Waals surface area (Å²) in [7, 11) is 0. The van der Waals surface area contributed by atoms with Crippen molar-refractivity contribution < 1.29 is 18.7 Å². The molecule has 1 saturated heterocycles. The van der Waals surface area contributed by atoms with E-state index in [0.29, 0.717) is 24.6 Å². The molecule has 1 fully saturated rings. The molecule has 1 aromatic carbocycles. The molecular formula is C15H19FN2O3. The Bertz CT molecular complexity index is 496. The number of likely N-dealkylation sites (tertiary alicyclic amines) is 1. The van der Waals surface area contributed by atoms with Gasteiger partial charge in [0.2, 0.25) is 0 Å². The fourth-order valence-electron chi connectivity index (χ4n) is 2.44. The van der Waals surface area contributed by atoms with Gasteiger partial charge in [0.25, 0.3) is 0 Å². The molecule has 0 aliphatic carbocycles. The van der Waals surface area contributed by atoms with Gasteiger partial charge >= 0.3 is 6.09 Å². The highest BCUT2D eigenvalue weighted by atomic mass is 19.1. The van der Waals surface area contributed by atoms with Gasteiger partial charge in [-0.3, -0.25) is 9.69 Å². The van der Waals surface area contributed by atoms with Crippen molar-refractivity contribution >= 4 is 11.9 Å². The number of piperidine rings is 1. The van der Waals surface area contributed by atoms with E-state index in [4.69, 9.17) is 10.5 Å². The first-order valence-corrected chi connectivity index (χ1v) is 6.98. The SMILES string of the molecule is NC(=O)OCC1CCN(CC(=O)c2ccc(F)cc2)CC1. The second-order valence-electron chi connectivity index (χ2n) is 5.28. The molecule has 0 bridgehead atoms. The van der Waals surface area contributed by atoms with Crippen LogP contribution in [0.25, 0.3) is 0 Å². The highest BCUT2D eigenvalue weighted by Gasteiger charge is 2.22. The number of Topliss-reactive ketones (excluding diaryl/α,β-unsaturated/α-hetero) is 1. The van der Waals surface area contributed by atoms with Gasteiger partial charge in [-0.25, -0.2) is 9.18 Å². The van der Waals surface area contributed by atoms with E-state index < -0.39 is 6.09 Å². The summed E-state index contributed by atoms with van der Waals surface area (Å²) in [4.78, 5) is 24.7. The van der Waals surface area contributed by atoms with Crippen molar-refractivity contribution in [2.75, 3.05) is 26.2 Å². The van der Waals surface area contributed by atoms with Gasteiger partial charge in [-0.1, -0.05) is 0 Å². The van der Waals surface area contributed by atoms with Crippen LogP contribution in [0.2, 0.25) is 0 Å². The third-order valence-electron chi connectivity index (χ3n) is 3.70. The monoisotopic (exact) mass is 294 g/mol. The number of rotatable bonds is 5. The molecule has 5 nitrogen and oxygen atoms in total. The molecule has 2 N–H and O–H groups in total. The van der Waals surface area contributed by atoms with E-state index >= 15 is 0 Å². The van der Waals surface area contributed by atoms with Crippen molar-refractivity contribution in [3.63, 3.8) is 0 Å². The van der Waals surface area contributed by atoms with Crippen LogP contribution in [0.15, 0.2) is 24.3 Å². The van der Waals surface area contributed by atoms with Crippen LogP contribution in [0.1, 0.15) is 23.2 Å². The predicted molar refractivity (Wildman–Crippen MR) is 75.4 cm³/mol. The minimum Gasteiger partial charge on any atom is -0.449 e. The molecule has 1 amide bonds. The zero-order chi connectivity index (χ0) is 15.2. The van der Waals surface area contributed by atoms with E-state index in [2.05, 4.69) is 4.90 Å². The molecule has 6 heteroatoms. The van der Waals surface area contributed by atoms with E-state index in [1.807, 2.05) is 0 Å². The van der Waals surface area contributed by atoms with Gasteiger partial charge in [-0.05, 0) is 56.1 Å². The van der Waals surface area contributed by atoms with Crippen molar-refractivity contribution in [1.82, 2.24) is 4.90 Å². The third-order valence-corrected chi connectivity index (χ3v) is 3.70. The normalized spacial score (nSPS) is 16.6. The molecular weight excluding hydrogens is 275 g/mol. The average Bonchev–Trinajstić information content (AvgIpc) is 2.47. The second-order valence-corrected chi connectivity index (χ2v) is 5.28. The molecule has 1 aliphatic heterocycles. The zero-order valence-corrected chi connectivity index (χ0v) is 11.8. The van der Waals surface area contributed by atoms with Crippen molar-refractivity contribution in [1.29, 1.82) is 0 Å². The van der Waals surface area contributed by atoms with Crippen LogP contribution in [0.3, 0.4) is 0 Å². The molecule has 1 heterocycles. The lowest BCUT2D eigenvalue weighted by Gasteiger charge is -2.30. The van der Waals surface area contributed by atoms with Crippen LogP contribution >= 0.6 is 0 Å². The summed E-state index contributed by atoms with van der Waals surface area (Å²) in [6.45, 7) is 2.23. The van der Waals surface area contributed by atoms with Crippen molar-refractivity contribution in [3.05, 3.63) is 35.6 Å². The summed E-state index contributed by atoms with van der Waals surface area (Å²) in [5, 5.41) is 0. The van der Waals surface area contributed by atoms with Gasteiger partial charge in [0.15, 0.2) is 5.78 Å². The maximum Gasteiger partial charge on any atom is 0.404 e. The smallest absolute Gasteiger partial charge is 0.404 e. The van der Waals surface area contributed by atoms with Gasteiger partial charge in [0.05, 0.1) is 13.2 Å². The minimum absolute atomic E-state index is 0.0122. The fraction of sp³-hybridized carbons (Fsp3) is 0.467. The Kier molecular flexibility index (Phi) is 5.27. The van der Waals surface area contributed by atoms with Crippen LogP contribution in [-0.2, 0) is 4.74 Å². The number of amides is 1. The number of carbonyl (C=O) groups excluding carboxylic acids is 2. The predicted octanol–water partition coefficient (Wildman–Crippen LogP) is 1.82. The summed E-state index contributed by atoms with van der Waals surface area (Å²) in [6, 6.07) is 5.59. The number of hydrogen-bond donors (Lipinski definition) is 1. The number of carbonyl (C=O) groups is 2. The van der Waals surface area contributed by atoms with Crippen LogP contribution in [-0.4, -0.2) is 43.0 Å². The quantitative estimate of drug-likeness (QED) is 0.841. The Morgan fingerprint density at radius 2 is 1.86 bits per heavy atom.